The minimum absolute atomic E-state index is 0.125. The topological polar surface area (TPSA) is 66.8 Å². The number of ether oxygens (including phenoxy) is 1. The number of methoxy groups -OCH3 is 1. The van der Waals surface area contributed by atoms with Gasteiger partial charge in [0.2, 0.25) is 0 Å². The van der Waals surface area contributed by atoms with E-state index >= 15 is 0 Å². The average Bonchev–Trinajstić information content (AvgIpc) is 1.88. The van der Waals surface area contributed by atoms with Crippen molar-refractivity contribution < 1.29 is 19.7 Å². The molecular formula is C4H10O4. The molecule has 0 bridgehead atoms. The van der Waals surface area contributed by atoms with Crippen molar-refractivity contribution in [2.75, 3.05) is 20.3 Å². The van der Waals surface area contributed by atoms with Gasteiger partial charge in [-0.1, -0.05) is 0 Å². The van der Waals surface area contributed by atoms with E-state index in [0.717, 1.165) is 0 Å². The van der Waals surface area contributed by atoms with Gasteiger partial charge in [0.15, 0.2) is 0 Å². The molecule has 0 aromatic heterocycles. The van der Waals surface area contributed by atoms with Crippen LogP contribution in [0.3, 0.4) is 0 Å². The minimum Gasteiger partial charge on any atom is -0.471 e. The summed E-state index contributed by atoms with van der Waals surface area (Å²) in [6.07, 6.45) is 0. The predicted octanol–water partition coefficient (Wildman–Crippen LogP) is -1.24. The van der Waals surface area contributed by atoms with Gasteiger partial charge in [-0.05, 0) is 0 Å². The van der Waals surface area contributed by atoms with E-state index in [0.29, 0.717) is 6.47 Å². The standard InChI is InChI=1S/C2H4O2.C2H6O2/c1-4-2-3;3-1-2-4/h2H,1H3;3-4H,1-2H2. The van der Waals surface area contributed by atoms with E-state index in [4.69, 9.17) is 15.0 Å². The summed E-state index contributed by atoms with van der Waals surface area (Å²) in [5, 5.41) is 15.2. The Labute approximate surface area is 47.7 Å². The number of hydrogen-bond donors (Lipinski definition) is 2. The maximum atomic E-state index is 8.95. The summed E-state index contributed by atoms with van der Waals surface area (Å²) in [7, 11) is 1.31. The summed E-state index contributed by atoms with van der Waals surface area (Å²) in [5.41, 5.74) is 0. The third-order valence-corrected chi connectivity index (χ3v) is 0.196. The lowest BCUT2D eigenvalue weighted by Crippen LogP contribution is -1.85. The number of aliphatic hydroxyl groups is 2. The van der Waals surface area contributed by atoms with E-state index < -0.39 is 0 Å². The molecule has 0 aliphatic rings. The van der Waals surface area contributed by atoms with Gasteiger partial charge in [0.1, 0.15) is 0 Å². The van der Waals surface area contributed by atoms with Crippen LogP contribution >= 0.6 is 0 Å². The first-order chi connectivity index (χ1) is 3.83. The van der Waals surface area contributed by atoms with Crippen molar-refractivity contribution in [3.63, 3.8) is 0 Å². The number of carbonyl (C=O) groups is 1. The summed E-state index contributed by atoms with van der Waals surface area (Å²) >= 11 is 0. The van der Waals surface area contributed by atoms with Gasteiger partial charge >= 0.3 is 0 Å². The maximum Gasteiger partial charge on any atom is 0.292 e. The van der Waals surface area contributed by atoms with Crippen molar-refractivity contribution in [2.45, 2.75) is 0 Å². The van der Waals surface area contributed by atoms with Gasteiger partial charge in [-0.2, -0.15) is 0 Å². The molecule has 0 atom stereocenters. The number of carbonyl (C=O) groups excluding carboxylic acids is 1. The van der Waals surface area contributed by atoms with Crippen molar-refractivity contribution in [3.8, 4) is 0 Å². The van der Waals surface area contributed by atoms with E-state index in [1.165, 1.54) is 7.11 Å². The highest BCUT2D eigenvalue weighted by Crippen LogP contribution is 1.39. The number of hydrogen-bond acceptors (Lipinski definition) is 4. The van der Waals surface area contributed by atoms with Gasteiger partial charge in [0, 0.05) is 0 Å². The second-order valence-electron chi connectivity index (χ2n) is 0.779. The Hall–Kier alpha value is -0.610. The van der Waals surface area contributed by atoms with Gasteiger partial charge in [-0.25, -0.2) is 0 Å². The van der Waals surface area contributed by atoms with Gasteiger partial charge in [0.05, 0.1) is 20.3 Å². The van der Waals surface area contributed by atoms with Crippen molar-refractivity contribution in [1.29, 1.82) is 0 Å². The van der Waals surface area contributed by atoms with Crippen LogP contribution < -0.4 is 0 Å². The van der Waals surface area contributed by atoms with Gasteiger partial charge in [0.25, 0.3) is 6.47 Å². The molecule has 0 amide bonds. The lowest BCUT2D eigenvalue weighted by Gasteiger charge is -1.70. The van der Waals surface area contributed by atoms with Crippen molar-refractivity contribution in [2.24, 2.45) is 0 Å². The number of rotatable bonds is 2. The zero-order chi connectivity index (χ0) is 6.83. The molecule has 4 nitrogen and oxygen atoms in total. The summed E-state index contributed by atoms with van der Waals surface area (Å²) < 4.78 is 3.86. The van der Waals surface area contributed by atoms with Crippen LogP contribution in [0.15, 0.2) is 0 Å². The first-order valence-corrected chi connectivity index (χ1v) is 2.01. The van der Waals surface area contributed by atoms with E-state index in [1.54, 1.807) is 0 Å². The first kappa shape index (κ1) is 10.4. The molecule has 0 rings (SSSR count). The van der Waals surface area contributed by atoms with Crippen LogP contribution in [-0.4, -0.2) is 37.0 Å². The van der Waals surface area contributed by atoms with E-state index in [9.17, 15) is 0 Å². The molecule has 0 saturated heterocycles. The molecule has 0 aliphatic carbocycles. The van der Waals surface area contributed by atoms with Gasteiger partial charge in [-0.3, -0.25) is 4.79 Å². The monoisotopic (exact) mass is 122 g/mol. The van der Waals surface area contributed by atoms with Crippen molar-refractivity contribution >= 4 is 6.47 Å². The van der Waals surface area contributed by atoms with Crippen LogP contribution in [0.1, 0.15) is 0 Å². The second kappa shape index (κ2) is 16.2. The highest BCUT2D eigenvalue weighted by molar-refractivity contribution is 5.36. The molecule has 0 aromatic rings. The van der Waals surface area contributed by atoms with Crippen LogP contribution in [0.4, 0.5) is 0 Å². The summed E-state index contributed by atoms with van der Waals surface area (Å²) in [6, 6.07) is 0. The normalized spacial score (nSPS) is 6.38. The third kappa shape index (κ3) is 53.8. The summed E-state index contributed by atoms with van der Waals surface area (Å²) in [4.78, 5) is 8.95. The molecule has 8 heavy (non-hydrogen) atoms. The van der Waals surface area contributed by atoms with Gasteiger partial charge in [-0.15, -0.1) is 0 Å². The Bertz CT molecular complexity index is 35.0. The highest BCUT2D eigenvalue weighted by Gasteiger charge is 1.58. The Morgan fingerprint density at radius 3 is 1.75 bits per heavy atom. The molecule has 2 N–H and O–H groups in total. The lowest BCUT2D eigenvalue weighted by molar-refractivity contribution is -0.126. The molecule has 0 saturated carbocycles. The van der Waals surface area contributed by atoms with E-state index in [2.05, 4.69) is 4.74 Å². The Balaban J connectivity index is 0. The third-order valence-electron chi connectivity index (χ3n) is 0.196. The highest BCUT2D eigenvalue weighted by atomic mass is 16.5. The minimum atomic E-state index is -0.125. The van der Waals surface area contributed by atoms with E-state index in [-0.39, 0.29) is 13.2 Å². The zero-order valence-corrected chi connectivity index (χ0v) is 4.70. The van der Waals surface area contributed by atoms with Crippen molar-refractivity contribution in [3.05, 3.63) is 0 Å². The average molecular weight is 122 g/mol. The molecule has 0 fully saturated rings. The largest absolute Gasteiger partial charge is 0.471 e. The smallest absolute Gasteiger partial charge is 0.292 e. The fourth-order valence-corrected chi connectivity index (χ4v) is 0. The molecule has 0 spiro atoms. The second-order valence-corrected chi connectivity index (χ2v) is 0.779. The SMILES string of the molecule is COC=O.OCCO. The quantitative estimate of drug-likeness (QED) is 0.449. The van der Waals surface area contributed by atoms with Crippen LogP contribution in [0, 0.1) is 0 Å². The molecule has 0 heterocycles. The summed E-state index contributed by atoms with van der Waals surface area (Å²) in [6.45, 7) is 0.125. The Kier molecular flexibility index (Phi) is 21.0. The molecule has 0 radical (unpaired) electrons. The summed E-state index contributed by atoms with van der Waals surface area (Å²) in [5.74, 6) is 0. The molecule has 0 aliphatic heterocycles. The maximum absolute atomic E-state index is 8.95. The zero-order valence-electron chi connectivity index (χ0n) is 4.70. The number of aliphatic hydroxyl groups excluding tert-OH is 2. The Morgan fingerprint density at radius 2 is 1.75 bits per heavy atom. The van der Waals surface area contributed by atoms with E-state index in [1.807, 2.05) is 0 Å². The molecule has 4 heteroatoms. The van der Waals surface area contributed by atoms with Crippen LogP contribution in [-0.2, 0) is 9.53 Å². The fourth-order valence-electron chi connectivity index (χ4n) is 0. The molecule has 0 aromatic carbocycles. The van der Waals surface area contributed by atoms with Crippen molar-refractivity contribution in [1.82, 2.24) is 0 Å². The van der Waals surface area contributed by atoms with Gasteiger partial charge < -0.3 is 14.9 Å². The Morgan fingerprint density at radius 1 is 1.50 bits per heavy atom. The van der Waals surface area contributed by atoms with Crippen LogP contribution in [0.5, 0.6) is 0 Å². The fraction of sp³-hybridized carbons (Fsp3) is 0.750. The predicted molar refractivity (Wildman–Crippen MR) is 27.2 cm³/mol. The lowest BCUT2D eigenvalue weighted by atomic mass is 10.8. The first-order valence-electron chi connectivity index (χ1n) is 2.01. The molecular weight excluding hydrogens is 112 g/mol. The molecule has 0 unspecified atom stereocenters. The van der Waals surface area contributed by atoms with Crippen LogP contribution in [0.2, 0.25) is 0 Å². The molecule has 50 valence electrons. The van der Waals surface area contributed by atoms with Crippen LogP contribution in [0.25, 0.3) is 0 Å².